The Hall–Kier alpha value is -8.72. The third-order valence-corrected chi connectivity index (χ3v) is 11.6. The van der Waals surface area contributed by atoms with Gasteiger partial charge < -0.3 is 4.42 Å². The smallest absolute Gasteiger partial charge is 0.164 e. The number of rotatable bonds is 8. The zero-order valence-electron chi connectivity index (χ0n) is 34.0. The number of nitriles is 1. The van der Waals surface area contributed by atoms with Crippen LogP contribution in [0.4, 0.5) is 0 Å². The Kier molecular flexibility index (Phi) is 9.50. The van der Waals surface area contributed by atoms with Gasteiger partial charge in [0.05, 0.1) is 11.6 Å². The van der Waals surface area contributed by atoms with E-state index in [0.717, 1.165) is 77.6 Å². The molecule has 0 spiro atoms. The van der Waals surface area contributed by atoms with E-state index in [1.165, 1.54) is 16.7 Å². The second-order valence-electron chi connectivity index (χ2n) is 15.5. The lowest BCUT2D eigenvalue weighted by atomic mass is 9.96. The molecule has 5 heteroatoms. The van der Waals surface area contributed by atoms with Gasteiger partial charge in [-0.2, -0.15) is 5.26 Å². The Balaban J connectivity index is 1.02. The molecule has 5 nitrogen and oxygen atoms in total. The highest BCUT2D eigenvalue weighted by atomic mass is 16.3. The first-order valence-electron chi connectivity index (χ1n) is 20.9. The second kappa shape index (κ2) is 16.0. The van der Waals surface area contributed by atoms with Crippen LogP contribution in [0.25, 0.3) is 112 Å². The monoisotopic (exact) mass is 804 g/mol. The van der Waals surface area contributed by atoms with Gasteiger partial charge in [-0.1, -0.05) is 170 Å². The van der Waals surface area contributed by atoms with Crippen LogP contribution >= 0.6 is 0 Å². The molecule has 63 heavy (non-hydrogen) atoms. The predicted octanol–water partition coefficient (Wildman–Crippen LogP) is 15.0. The van der Waals surface area contributed by atoms with Gasteiger partial charge in [0.25, 0.3) is 0 Å². The molecule has 294 valence electrons. The summed E-state index contributed by atoms with van der Waals surface area (Å²) in [5.74, 6) is 1.62. The summed E-state index contributed by atoms with van der Waals surface area (Å²) in [6, 6.07) is 77.0. The molecular weight excluding hydrogens is 769 g/mol. The van der Waals surface area contributed by atoms with E-state index in [4.69, 9.17) is 19.4 Å². The Labute approximate surface area is 364 Å². The van der Waals surface area contributed by atoms with Gasteiger partial charge in [-0.25, -0.2) is 15.0 Å². The normalized spacial score (nSPS) is 11.2. The van der Waals surface area contributed by atoms with Crippen LogP contribution in [-0.4, -0.2) is 15.0 Å². The molecule has 0 unspecified atom stereocenters. The van der Waals surface area contributed by atoms with Gasteiger partial charge in [-0.15, -0.1) is 0 Å². The molecular formula is C58H36N4O. The van der Waals surface area contributed by atoms with E-state index >= 15 is 0 Å². The van der Waals surface area contributed by atoms with Crippen LogP contribution in [0.15, 0.2) is 223 Å². The lowest BCUT2D eigenvalue weighted by molar-refractivity contribution is 0.669. The van der Waals surface area contributed by atoms with Crippen LogP contribution in [0.5, 0.6) is 0 Å². The van der Waals surface area contributed by atoms with Gasteiger partial charge in [-0.3, -0.25) is 0 Å². The maximum atomic E-state index is 9.61. The molecule has 0 aliphatic heterocycles. The summed E-state index contributed by atoms with van der Waals surface area (Å²) in [5, 5.41) is 11.7. The summed E-state index contributed by atoms with van der Waals surface area (Å²) >= 11 is 0. The maximum absolute atomic E-state index is 9.61. The molecule has 0 bridgehead atoms. The molecule has 11 aromatic rings. The molecule has 11 rings (SSSR count). The van der Waals surface area contributed by atoms with Gasteiger partial charge in [0.1, 0.15) is 11.2 Å². The lowest BCUT2D eigenvalue weighted by Gasteiger charge is -2.11. The van der Waals surface area contributed by atoms with Crippen molar-refractivity contribution in [2.45, 2.75) is 0 Å². The fourth-order valence-corrected chi connectivity index (χ4v) is 8.39. The summed E-state index contributed by atoms with van der Waals surface area (Å²) in [6.07, 6.45) is 0. The van der Waals surface area contributed by atoms with Gasteiger partial charge in [-0.05, 0) is 104 Å². The maximum Gasteiger partial charge on any atom is 0.164 e. The predicted molar refractivity (Wildman–Crippen MR) is 255 cm³/mol. The average Bonchev–Trinajstić information content (AvgIpc) is 3.75. The van der Waals surface area contributed by atoms with Crippen molar-refractivity contribution in [1.82, 2.24) is 15.0 Å². The van der Waals surface area contributed by atoms with Gasteiger partial charge >= 0.3 is 0 Å². The van der Waals surface area contributed by atoms with Crippen molar-refractivity contribution in [3.05, 3.63) is 224 Å². The topological polar surface area (TPSA) is 75.6 Å². The minimum atomic E-state index is 0.530. The molecule has 0 aliphatic rings. The van der Waals surface area contributed by atoms with Gasteiger partial charge in [0, 0.05) is 27.5 Å². The fraction of sp³-hybridized carbons (Fsp3) is 0. The SMILES string of the molecule is N#Cc1cccc(-c2cccc(-c3nc(-c4cccc(-c5cccc(-c6ccccc6)c5)c4)nc(-c4ccc5c(c4)oc4cccc(-c6ccc(-c7ccccc7)cc6)c45)n3)c2)c1. The Morgan fingerprint density at radius 3 is 1.32 bits per heavy atom. The first-order chi connectivity index (χ1) is 31.1. The van der Waals surface area contributed by atoms with E-state index in [9.17, 15) is 5.26 Å². The molecule has 0 saturated carbocycles. The first kappa shape index (κ1) is 37.3. The van der Waals surface area contributed by atoms with E-state index in [1.54, 1.807) is 0 Å². The number of furan rings is 1. The molecule has 0 N–H and O–H groups in total. The highest BCUT2D eigenvalue weighted by Gasteiger charge is 2.18. The standard InChI is InChI=1S/C58H36N4O/c59-37-38-12-7-17-43(32-38)46-20-9-22-48(34-46)56-60-57(49-23-10-21-47(35-49)45-19-8-18-44(33-45)40-15-5-2-6-16-40)62-58(61-56)50-30-31-52-54(36-50)63-53-25-11-24-51(55(52)53)42-28-26-41(27-29-42)39-13-3-1-4-14-39/h1-36H. The van der Waals surface area contributed by atoms with Crippen LogP contribution in [0.3, 0.4) is 0 Å². The first-order valence-corrected chi connectivity index (χ1v) is 20.9. The minimum Gasteiger partial charge on any atom is -0.456 e. The van der Waals surface area contributed by atoms with E-state index in [-0.39, 0.29) is 0 Å². The van der Waals surface area contributed by atoms with Crippen LogP contribution in [0, 0.1) is 11.3 Å². The van der Waals surface area contributed by atoms with Crippen molar-refractivity contribution < 1.29 is 4.42 Å². The molecule has 2 heterocycles. The van der Waals surface area contributed by atoms with Crippen molar-refractivity contribution in [2.75, 3.05) is 0 Å². The van der Waals surface area contributed by atoms with Crippen molar-refractivity contribution in [1.29, 1.82) is 5.26 Å². The largest absolute Gasteiger partial charge is 0.456 e. The number of hydrogen-bond donors (Lipinski definition) is 0. The summed E-state index contributed by atoms with van der Waals surface area (Å²) < 4.78 is 6.60. The molecule has 2 aromatic heterocycles. The quantitative estimate of drug-likeness (QED) is 0.153. The van der Waals surface area contributed by atoms with Gasteiger partial charge in [0.15, 0.2) is 17.5 Å². The number of hydrogen-bond acceptors (Lipinski definition) is 5. The number of nitrogens with zero attached hydrogens (tertiary/aromatic N) is 4. The van der Waals surface area contributed by atoms with Crippen molar-refractivity contribution in [3.8, 4) is 95.9 Å². The van der Waals surface area contributed by atoms with Crippen LogP contribution in [-0.2, 0) is 0 Å². The van der Waals surface area contributed by atoms with Crippen molar-refractivity contribution in [2.24, 2.45) is 0 Å². The molecule has 0 radical (unpaired) electrons. The fourth-order valence-electron chi connectivity index (χ4n) is 8.39. The molecule has 0 amide bonds. The second-order valence-corrected chi connectivity index (χ2v) is 15.5. The number of benzene rings is 9. The highest BCUT2D eigenvalue weighted by Crippen LogP contribution is 2.39. The summed E-state index contributed by atoms with van der Waals surface area (Å²) in [7, 11) is 0. The minimum absolute atomic E-state index is 0.530. The Bertz CT molecular complexity index is 3510. The van der Waals surface area contributed by atoms with Crippen molar-refractivity contribution >= 4 is 21.9 Å². The van der Waals surface area contributed by atoms with Crippen LogP contribution in [0.2, 0.25) is 0 Å². The molecule has 0 fully saturated rings. The zero-order valence-corrected chi connectivity index (χ0v) is 34.0. The Morgan fingerprint density at radius 1 is 0.317 bits per heavy atom. The van der Waals surface area contributed by atoms with Crippen LogP contribution in [0.1, 0.15) is 5.56 Å². The molecule has 9 aromatic carbocycles. The summed E-state index contributed by atoms with van der Waals surface area (Å²) in [4.78, 5) is 15.4. The zero-order chi connectivity index (χ0) is 42.1. The highest BCUT2D eigenvalue weighted by molar-refractivity contribution is 6.13. The number of fused-ring (bicyclic) bond motifs is 3. The van der Waals surface area contributed by atoms with Crippen LogP contribution < -0.4 is 0 Å². The molecule has 0 saturated heterocycles. The lowest BCUT2D eigenvalue weighted by Crippen LogP contribution is -2.00. The van der Waals surface area contributed by atoms with Gasteiger partial charge in [0.2, 0.25) is 0 Å². The average molecular weight is 805 g/mol. The summed E-state index contributed by atoms with van der Waals surface area (Å²) in [5.41, 5.74) is 15.6. The molecule has 0 atom stereocenters. The van der Waals surface area contributed by atoms with E-state index in [1.807, 2.05) is 78.9 Å². The van der Waals surface area contributed by atoms with E-state index in [2.05, 4.69) is 146 Å². The van der Waals surface area contributed by atoms with Crippen molar-refractivity contribution in [3.63, 3.8) is 0 Å². The third-order valence-electron chi connectivity index (χ3n) is 11.6. The Morgan fingerprint density at radius 2 is 0.730 bits per heavy atom. The molecule has 0 aliphatic carbocycles. The van der Waals surface area contributed by atoms with E-state index in [0.29, 0.717) is 23.0 Å². The summed E-state index contributed by atoms with van der Waals surface area (Å²) in [6.45, 7) is 0. The number of aromatic nitrogens is 3. The van der Waals surface area contributed by atoms with E-state index < -0.39 is 0 Å². The third kappa shape index (κ3) is 7.33.